The minimum atomic E-state index is -0.218. The second kappa shape index (κ2) is 7.06. The minimum absolute atomic E-state index is 0.0145. The molecule has 2 aromatic rings. The van der Waals surface area contributed by atoms with E-state index in [1.54, 1.807) is 24.9 Å². The Morgan fingerprint density at radius 1 is 1.32 bits per heavy atom. The van der Waals surface area contributed by atoms with E-state index in [-0.39, 0.29) is 37.4 Å². The lowest BCUT2D eigenvalue weighted by Crippen LogP contribution is -2.39. The van der Waals surface area contributed by atoms with Crippen molar-refractivity contribution in [3.05, 3.63) is 39.7 Å². The van der Waals surface area contributed by atoms with E-state index in [1.807, 2.05) is 0 Å². The molecule has 4 rings (SSSR count). The number of aliphatic hydroxyl groups is 1. The molecule has 1 N–H and O–H groups in total. The van der Waals surface area contributed by atoms with Crippen molar-refractivity contribution in [2.45, 2.75) is 19.9 Å². The predicted molar refractivity (Wildman–Crippen MR) is 103 cm³/mol. The molecule has 0 saturated heterocycles. The monoisotopic (exact) mass is 403 g/mol. The van der Waals surface area contributed by atoms with Crippen molar-refractivity contribution in [2.75, 3.05) is 38.2 Å². The van der Waals surface area contributed by atoms with E-state index in [0.717, 1.165) is 10.4 Å². The molecule has 2 aliphatic rings. The predicted octanol–water partition coefficient (Wildman–Crippen LogP) is 1.26. The van der Waals surface area contributed by atoms with Gasteiger partial charge in [0.1, 0.15) is 17.3 Å². The quantitative estimate of drug-likeness (QED) is 0.833. The average Bonchev–Trinajstić information content (AvgIpc) is 3.25. The van der Waals surface area contributed by atoms with Crippen molar-refractivity contribution in [1.82, 2.24) is 9.80 Å². The number of hydrogen-bond acceptors (Lipinski definition) is 6. The van der Waals surface area contributed by atoms with E-state index in [2.05, 4.69) is 0 Å². The lowest BCUT2D eigenvalue weighted by atomic mass is 10.0. The lowest BCUT2D eigenvalue weighted by Gasteiger charge is -2.27. The number of thiophene rings is 1. The lowest BCUT2D eigenvalue weighted by molar-refractivity contribution is -0.119. The van der Waals surface area contributed by atoms with Gasteiger partial charge in [-0.1, -0.05) is 0 Å². The van der Waals surface area contributed by atoms with Gasteiger partial charge in [0.2, 0.25) is 5.91 Å². The molecule has 0 unspecified atom stereocenters. The smallest absolute Gasteiger partial charge is 0.257 e. The summed E-state index contributed by atoms with van der Waals surface area (Å²) in [7, 11) is 1.61. The molecule has 28 heavy (non-hydrogen) atoms. The van der Waals surface area contributed by atoms with Crippen molar-refractivity contribution in [3.8, 4) is 0 Å². The number of rotatable bonds is 3. The highest BCUT2D eigenvalue weighted by Gasteiger charge is 2.37. The number of fused-ring (bicyclic) bond motifs is 3. The van der Waals surface area contributed by atoms with Gasteiger partial charge in [-0.15, -0.1) is 11.3 Å². The van der Waals surface area contributed by atoms with E-state index in [0.29, 0.717) is 41.4 Å². The van der Waals surface area contributed by atoms with Crippen LogP contribution in [0.25, 0.3) is 0 Å². The highest BCUT2D eigenvalue weighted by atomic mass is 32.1. The standard InChI is InChI=1S/C19H21N3O5S/c1-11-12(4-8-27-11)17(25)21-5-3-13-14(9-21)28-19-16(13)18(26)20(2)10-15(24)22(19)6-7-23/h4,8,23H,3,5-7,9-10H2,1-2H3. The van der Waals surface area contributed by atoms with Crippen molar-refractivity contribution < 1.29 is 23.9 Å². The fourth-order valence-electron chi connectivity index (χ4n) is 3.74. The second-order valence-corrected chi connectivity index (χ2v) is 8.06. The van der Waals surface area contributed by atoms with Crippen molar-refractivity contribution >= 4 is 34.1 Å². The second-order valence-electron chi connectivity index (χ2n) is 6.98. The Balaban J connectivity index is 1.71. The van der Waals surface area contributed by atoms with Gasteiger partial charge in [0, 0.05) is 25.0 Å². The number of likely N-dealkylation sites (N-methyl/N-ethyl adjacent to an activating group) is 1. The first-order valence-corrected chi connectivity index (χ1v) is 9.88. The topological polar surface area (TPSA) is 94.3 Å². The van der Waals surface area contributed by atoms with E-state index >= 15 is 0 Å². The number of amides is 3. The average molecular weight is 403 g/mol. The summed E-state index contributed by atoms with van der Waals surface area (Å²) in [4.78, 5) is 43.8. The first-order valence-electron chi connectivity index (χ1n) is 9.07. The Bertz CT molecular complexity index is 963. The Kier molecular flexibility index (Phi) is 4.72. The third-order valence-corrected chi connectivity index (χ3v) is 6.46. The molecule has 148 valence electrons. The minimum Gasteiger partial charge on any atom is -0.469 e. The van der Waals surface area contributed by atoms with E-state index in [9.17, 15) is 19.5 Å². The molecule has 9 heteroatoms. The number of β-amino-alcohol motifs (C(OH)–C–C–N with tert-alkyl or cyclic N) is 1. The van der Waals surface area contributed by atoms with Gasteiger partial charge in [-0.2, -0.15) is 0 Å². The molecule has 3 amide bonds. The number of carbonyl (C=O) groups is 3. The van der Waals surface area contributed by atoms with Crippen molar-refractivity contribution in [1.29, 1.82) is 0 Å². The van der Waals surface area contributed by atoms with Gasteiger partial charge in [0.05, 0.1) is 30.5 Å². The van der Waals surface area contributed by atoms with Crippen LogP contribution < -0.4 is 4.90 Å². The normalized spacial score (nSPS) is 16.9. The van der Waals surface area contributed by atoms with Crippen LogP contribution in [-0.2, 0) is 17.8 Å². The number of aliphatic hydroxyl groups excluding tert-OH is 1. The maximum atomic E-state index is 12.9. The van der Waals surface area contributed by atoms with Gasteiger partial charge in [-0.3, -0.25) is 19.3 Å². The zero-order chi connectivity index (χ0) is 20.0. The van der Waals surface area contributed by atoms with Gasteiger partial charge in [0.15, 0.2) is 0 Å². The van der Waals surface area contributed by atoms with Crippen LogP contribution in [0.4, 0.5) is 5.00 Å². The Morgan fingerprint density at radius 2 is 2.11 bits per heavy atom. The van der Waals surface area contributed by atoms with Gasteiger partial charge in [0.25, 0.3) is 11.8 Å². The molecular weight excluding hydrogens is 382 g/mol. The SMILES string of the molecule is Cc1occc1C(=O)N1CCc2c(sc3c2C(=O)N(C)CC(=O)N3CCO)C1. The first kappa shape index (κ1) is 18.7. The summed E-state index contributed by atoms with van der Waals surface area (Å²) in [6.07, 6.45) is 2.04. The Hall–Kier alpha value is -2.65. The zero-order valence-electron chi connectivity index (χ0n) is 15.7. The summed E-state index contributed by atoms with van der Waals surface area (Å²) in [5, 5.41) is 9.96. The van der Waals surface area contributed by atoms with Crippen LogP contribution in [0.5, 0.6) is 0 Å². The summed E-state index contributed by atoms with van der Waals surface area (Å²) >= 11 is 1.36. The van der Waals surface area contributed by atoms with Gasteiger partial charge in [-0.25, -0.2) is 0 Å². The summed E-state index contributed by atoms with van der Waals surface area (Å²) in [5.74, 6) is 0.0671. The van der Waals surface area contributed by atoms with Gasteiger partial charge < -0.3 is 19.3 Å². The fourth-order valence-corrected chi connectivity index (χ4v) is 5.14. The first-order chi connectivity index (χ1) is 13.4. The van der Waals surface area contributed by atoms with Crippen LogP contribution in [0, 0.1) is 6.92 Å². The van der Waals surface area contributed by atoms with Gasteiger partial charge >= 0.3 is 0 Å². The number of carbonyl (C=O) groups excluding carboxylic acids is 3. The fraction of sp³-hybridized carbons (Fsp3) is 0.421. The summed E-state index contributed by atoms with van der Waals surface area (Å²) in [6, 6.07) is 1.66. The molecule has 0 bridgehead atoms. The van der Waals surface area contributed by atoms with Crippen LogP contribution in [-0.4, -0.2) is 65.9 Å². The van der Waals surface area contributed by atoms with E-state index in [1.165, 1.54) is 27.4 Å². The van der Waals surface area contributed by atoms with Crippen molar-refractivity contribution in [3.63, 3.8) is 0 Å². The summed E-state index contributed by atoms with van der Waals surface area (Å²) < 4.78 is 5.24. The number of hydrogen-bond donors (Lipinski definition) is 1. The molecule has 0 radical (unpaired) electrons. The molecule has 4 heterocycles. The molecule has 0 saturated carbocycles. The molecule has 0 aliphatic carbocycles. The molecule has 0 fully saturated rings. The Morgan fingerprint density at radius 3 is 2.79 bits per heavy atom. The highest BCUT2D eigenvalue weighted by molar-refractivity contribution is 7.17. The van der Waals surface area contributed by atoms with E-state index < -0.39 is 0 Å². The van der Waals surface area contributed by atoms with E-state index in [4.69, 9.17) is 4.42 Å². The van der Waals surface area contributed by atoms with Crippen LogP contribution in [0.1, 0.15) is 36.9 Å². The molecule has 0 spiro atoms. The van der Waals surface area contributed by atoms with Crippen LogP contribution in [0.15, 0.2) is 16.7 Å². The molecule has 2 aliphatic heterocycles. The van der Waals surface area contributed by atoms with Crippen LogP contribution >= 0.6 is 11.3 Å². The molecule has 0 aromatic carbocycles. The zero-order valence-corrected chi connectivity index (χ0v) is 16.5. The maximum absolute atomic E-state index is 12.9. The largest absolute Gasteiger partial charge is 0.469 e. The number of anilines is 1. The van der Waals surface area contributed by atoms with Crippen LogP contribution in [0.3, 0.4) is 0 Å². The number of aryl methyl sites for hydroxylation is 1. The molecule has 2 aromatic heterocycles. The Labute approximate surface area is 165 Å². The summed E-state index contributed by atoms with van der Waals surface area (Å²) in [5.41, 5.74) is 1.98. The van der Waals surface area contributed by atoms with Crippen molar-refractivity contribution in [2.24, 2.45) is 0 Å². The number of nitrogens with zero attached hydrogens (tertiary/aromatic N) is 3. The summed E-state index contributed by atoms with van der Waals surface area (Å²) in [6.45, 7) is 2.57. The molecule has 0 atom stereocenters. The number of furan rings is 1. The van der Waals surface area contributed by atoms with Crippen LogP contribution in [0.2, 0.25) is 0 Å². The molecule has 8 nitrogen and oxygen atoms in total. The molecular formula is C19H21N3O5S. The third-order valence-electron chi connectivity index (χ3n) is 5.22. The maximum Gasteiger partial charge on any atom is 0.257 e. The third kappa shape index (κ3) is 2.91. The van der Waals surface area contributed by atoms with Gasteiger partial charge in [-0.05, 0) is 25.0 Å². The highest BCUT2D eigenvalue weighted by Crippen LogP contribution is 2.41.